The molecule has 0 aliphatic rings. The third-order valence-corrected chi connectivity index (χ3v) is 2.82. The van der Waals surface area contributed by atoms with E-state index >= 15 is 0 Å². The standard InChI is InChI=1S/C11H25N3OS/c1-8(2)6-9(7-16)14-11(15)10(13)4-3-5-12/h8-10,16H,3-7,12-13H2,1-2H3,(H,14,15)/t9-,10-/m1/s1. The number of carbonyl (C=O) groups is 1. The van der Waals surface area contributed by atoms with Crippen molar-refractivity contribution in [2.24, 2.45) is 17.4 Å². The van der Waals surface area contributed by atoms with Crippen LogP contribution in [-0.4, -0.2) is 30.3 Å². The van der Waals surface area contributed by atoms with Gasteiger partial charge in [0.1, 0.15) is 0 Å². The highest BCUT2D eigenvalue weighted by Crippen LogP contribution is 2.06. The molecule has 0 aromatic carbocycles. The summed E-state index contributed by atoms with van der Waals surface area (Å²) < 4.78 is 0. The molecule has 0 aromatic rings. The van der Waals surface area contributed by atoms with Crippen LogP contribution < -0.4 is 16.8 Å². The quantitative estimate of drug-likeness (QED) is 0.472. The van der Waals surface area contributed by atoms with E-state index in [-0.39, 0.29) is 11.9 Å². The molecule has 4 nitrogen and oxygen atoms in total. The van der Waals surface area contributed by atoms with Gasteiger partial charge in [0.05, 0.1) is 6.04 Å². The molecule has 0 bridgehead atoms. The minimum absolute atomic E-state index is 0.0897. The second-order valence-corrected chi connectivity index (χ2v) is 4.92. The summed E-state index contributed by atoms with van der Waals surface area (Å²) in [6, 6.07) is -0.335. The van der Waals surface area contributed by atoms with E-state index in [9.17, 15) is 4.79 Å². The van der Waals surface area contributed by atoms with Crippen LogP contribution in [0, 0.1) is 5.92 Å². The highest BCUT2D eigenvalue weighted by Gasteiger charge is 2.17. The van der Waals surface area contributed by atoms with Gasteiger partial charge in [-0.25, -0.2) is 0 Å². The zero-order chi connectivity index (χ0) is 12.6. The molecule has 96 valence electrons. The molecule has 0 radical (unpaired) electrons. The van der Waals surface area contributed by atoms with E-state index in [1.54, 1.807) is 0 Å². The largest absolute Gasteiger partial charge is 0.351 e. The molecule has 0 spiro atoms. The van der Waals surface area contributed by atoms with E-state index in [2.05, 4.69) is 31.8 Å². The Bertz CT molecular complexity index is 200. The van der Waals surface area contributed by atoms with Crippen molar-refractivity contribution in [3.05, 3.63) is 0 Å². The van der Waals surface area contributed by atoms with Crippen molar-refractivity contribution in [1.29, 1.82) is 0 Å². The van der Waals surface area contributed by atoms with Crippen molar-refractivity contribution in [1.82, 2.24) is 5.32 Å². The average molecular weight is 247 g/mol. The molecule has 5 heteroatoms. The zero-order valence-corrected chi connectivity index (χ0v) is 11.2. The number of rotatable bonds is 8. The van der Waals surface area contributed by atoms with Gasteiger partial charge in [-0.05, 0) is 31.7 Å². The summed E-state index contributed by atoms with van der Waals surface area (Å²) in [5, 5.41) is 2.93. The second-order valence-electron chi connectivity index (χ2n) is 4.56. The summed E-state index contributed by atoms with van der Waals surface area (Å²) in [5.41, 5.74) is 11.1. The van der Waals surface area contributed by atoms with Crippen molar-refractivity contribution >= 4 is 18.5 Å². The van der Waals surface area contributed by atoms with Gasteiger partial charge in [-0.2, -0.15) is 12.6 Å². The highest BCUT2D eigenvalue weighted by atomic mass is 32.1. The first-order valence-electron chi connectivity index (χ1n) is 5.88. The molecule has 1 amide bonds. The fourth-order valence-corrected chi connectivity index (χ4v) is 1.77. The van der Waals surface area contributed by atoms with Crippen molar-refractivity contribution in [2.45, 2.75) is 45.2 Å². The number of nitrogens with one attached hydrogen (secondary N) is 1. The topological polar surface area (TPSA) is 81.1 Å². The fraction of sp³-hybridized carbons (Fsp3) is 0.909. The highest BCUT2D eigenvalue weighted by molar-refractivity contribution is 7.80. The molecule has 0 saturated heterocycles. The lowest BCUT2D eigenvalue weighted by molar-refractivity contribution is -0.123. The lowest BCUT2D eigenvalue weighted by Gasteiger charge is -2.20. The number of nitrogens with two attached hydrogens (primary N) is 2. The molecule has 5 N–H and O–H groups in total. The molecule has 0 heterocycles. The summed E-state index contributed by atoms with van der Waals surface area (Å²) in [6.45, 7) is 4.82. The Morgan fingerprint density at radius 2 is 2.06 bits per heavy atom. The number of carbonyl (C=O) groups excluding carboxylic acids is 1. The Morgan fingerprint density at radius 1 is 1.44 bits per heavy atom. The minimum Gasteiger partial charge on any atom is -0.351 e. The van der Waals surface area contributed by atoms with Crippen LogP contribution in [0.25, 0.3) is 0 Å². The summed E-state index contributed by atoms with van der Waals surface area (Å²) in [6.07, 6.45) is 2.35. The lowest BCUT2D eigenvalue weighted by atomic mass is 10.0. The Morgan fingerprint density at radius 3 is 2.50 bits per heavy atom. The predicted octanol–water partition coefficient (Wildman–Crippen LogP) is 0.513. The van der Waals surface area contributed by atoms with Crippen molar-refractivity contribution in [2.75, 3.05) is 12.3 Å². The third-order valence-electron chi connectivity index (χ3n) is 2.38. The van der Waals surface area contributed by atoms with Gasteiger partial charge in [-0.1, -0.05) is 13.8 Å². The minimum atomic E-state index is -0.446. The van der Waals surface area contributed by atoms with Gasteiger partial charge in [-0.3, -0.25) is 4.79 Å². The van der Waals surface area contributed by atoms with Gasteiger partial charge in [0.25, 0.3) is 0 Å². The maximum Gasteiger partial charge on any atom is 0.237 e. The number of hydrogen-bond donors (Lipinski definition) is 4. The fourth-order valence-electron chi connectivity index (χ4n) is 1.53. The molecular formula is C11H25N3OS. The van der Waals surface area contributed by atoms with Crippen molar-refractivity contribution in [3.8, 4) is 0 Å². The van der Waals surface area contributed by atoms with E-state index in [1.165, 1.54) is 0 Å². The normalized spacial score (nSPS) is 14.9. The van der Waals surface area contributed by atoms with Crippen molar-refractivity contribution in [3.63, 3.8) is 0 Å². The van der Waals surface area contributed by atoms with Crippen LogP contribution in [0.1, 0.15) is 33.1 Å². The van der Waals surface area contributed by atoms with Crippen LogP contribution in [0.3, 0.4) is 0 Å². The van der Waals surface area contributed by atoms with Crippen LogP contribution in [0.2, 0.25) is 0 Å². The summed E-state index contributed by atoms with van der Waals surface area (Å²) >= 11 is 4.23. The van der Waals surface area contributed by atoms with Crippen LogP contribution in [0.5, 0.6) is 0 Å². The molecule has 0 fully saturated rings. The molecule has 0 saturated carbocycles. The van der Waals surface area contributed by atoms with E-state index in [0.717, 1.165) is 12.8 Å². The maximum absolute atomic E-state index is 11.7. The lowest BCUT2D eigenvalue weighted by Crippen LogP contribution is -2.46. The molecular weight excluding hydrogens is 222 g/mol. The second kappa shape index (κ2) is 8.84. The van der Waals surface area contributed by atoms with E-state index in [4.69, 9.17) is 11.5 Å². The van der Waals surface area contributed by atoms with E-state index in [1.807, 2.05) is 0 Å². The molecule has 16 heavy (non-hydrogen) atoms. The Kier molecular flexibility index (Phi) is 8.70. The first-order valence-corrected chi connectivity index (χ1v) is 6.51. The molecule has 2 atom stereocenters. The van der Waals surface area contributed by atoms with Crippen LogP contribution >= 0.6 is 12.6 Å². The predicted molar refractivity (Wildman–Crippen MR) is 71.5 cm³/mol. The molecule has 0 unspecified atom stereocenters. The first kappa shape index (κ1) is 15.7. The van der Waals surface area contributed by atoms with Crippen LogP contribution in [0.4, 0.5) is 0 Å². The van der Waals surface area contributed by atoms with Gasteiger partial charge in [-0.15, -0.1) is 0 Å². The number of amides is 1. The SMILES string of the molecule is CC(C)C[C@H](CS)NC(=O)[C@H](N)CCCN. The smallest absolute Gasteiger partial charge is 0.237 e. The maximum atomic E-state index is 11.7. The molecule has 0 aliphatic heterocycles. The summed E-state index contributed by atoms with van der Waals surface area (Å²) in [4.78, 5) is 11.7. The number of hydrogen-bond acceptors (Lipinski definition) is 4. The summed E-state index contributed by atoms with van der Waals surface area (Å²) in [5.74, 6) is 1.10. The number of thiol groups is 1. The Hall–Kier alpha value is -0.260. The van der Waals surface area contributed by atoms with Gasteiger partial charge in [0.2, 0.25) is 5.91 Å². The van der Waals surface area contributed by atoms with E-state index < -0.39 is 6.04 Å². The zero-order valence-electron chi connectivity index (χ0n) is 10.3. The third kappa shape index (κ3) is 7.09. The summed E-state index contributed by atoms with van der Waals surface area (Å²) in [7, 11) is 0. The van der Waals surface area contributed by atoms with E-state index in [0.29, 0.717) is 24.6 Å². The Labute approximate surface area is 104 Å². The molecule has 0 rings (SSSR count). The molecule has 0 aliphatic carbocycles. The average Bonchev–Trinajstić information content (AvgIpc) is 2.23. The van der Waals surface area contributed by atoms with Gasteiger partial charge < -0.3 is 16.8 Å². The Balaban J connectivity index is 3.98. The van der Waals surface area contributed by atoms with Gasteiger partial charge in [0, 0.05) is 11.8 Å². The monoisotopic (exact) mass is 247 g/mol. The van der Waals surface area contributed by atoms with Crippen LogP contribution in [-0.2, 0) is 4.79 Å². The van der Waals surface area contributed by atoms with Crippen molar-refractivity contribution < 1.29 is 4.79 Å². The van der Waals surface area contributed by atoms with Gasteiger partial charge in [0.15, 0.2) is 0 Å². The van der Waals surface area contributed by atoms with Gasteiger partial charge >= 0.3 is 0 Å². The first-order chi connectivity index (χ1) is 7.51. The van der Waals surface area contributed by atoms with Crippen LogP contribution in [0.15, 0.2) is 0 Å². The molecule has 0 aromatic heterocycles.